The standard InChI is InChI=1S/C21H22N6O/c1-26(21-18-6-9-23-20(18)24-14-25-21)17-7-10-27(11-8-17)19(28)12-15-2-4-16(13-22)5-3-15/h2-6,9,14,17H,7-8,10-12H2,1H3,(H,23,24,25). The van der Waals surface area contributed by atoms with E-state index in [0.29, 0.717) is 18.0 Å². The van der Waals surface area contributed by atoms with Crippen LogP contribution in [0.3, 0.4) is 0 Å². The van der Waals surface area contributed by atoms with Crippen LogP contribution in [0.1, 0.15) is 24.0 Å². The maximum Gasteiger partial charge on any atom is 0.226 e. The number of nitriles is 1. The van der Waals surface area contributed by atoms with Gasteiger partial charge in [0.15, 0.2) is 0 Å². The summed E-state index contributed by atoms with van der Waals surface area (Å²) in [5.74, 6) is 1.06. The van der Waals surface area contributed by atoms with Crippen molar-refractivity contribution in [3.8, 4) is 6.07 Å². The van der Waals surface area contributed by atoms with Crippen molar-refractivity contribution in [2.24, 2.45) is 0 Å². The zero-order valence-electron chi connectivity index (χ0n) is 15.8. The van der Waals surface area contributed by atoms with Crippen molar-refractivity contribution in [2.45, 2.75) is 25.3 Å². The Balaban J connectivity index is 1.36. The van der Waals surface area contributed by atoms with Crippen molar-refractivity contribution < 1.29 is 4.79 Å². The van der Waals surface area contributed by atoms with Crippen molar-refractivity contribution in [1.29, 1.82) is 5.26 Å². The molecule has 0 saturated carbocycles. The van der Waals surface area contributed by atoms with E-state index < -0.39 is 0 Å². The molecule has 0 spiro atoms. The summed E-state index contributed by atoms with van der Waals surface area (Å²) in [6, 6.07) is 11.7. The Kier molecular flexibility index (Phi) is 4.94. The number of hydrogen-bond donors (Lipinski definition) is 1. The number of aromatic nitrogens is 3. The monoisotopic (exact) mass is 374 g/mol. The number of nitrogens with zero attached hydrogens (tertiary/aromatic N) is 5. The molecule has 3 heterocycles. The van der Waals surface area contributed by atoms with Crippen LogP contribution in [0.4, 0.5) is 5.82 Å². The summed E-state index contributed by atoms with van der Waals surface area (Å²) < 4.78 is 0. The van der Waals surface area contributed by atoms with Gasteiger partial charge in [-0.3, -0.25) is 4.79 Å². The summed E-state index contributed by atoms with van der Waals surface area (Å²) in [6.07, 6.45) is 5.65. The van der Waals surface area contributed by atoms with Crippen LogP contribution in [0.25, 0.3) is 11.0 Å². The molecule has 0 aliphatic carbocycles. The molecule has 1 aliphatic rings. The van der Waals surface area contributed by atoms with Gasteiger partial charge in [0.1, 0.15) is 17.8 Å². The molecule has 0 bridgehead atoms. The molecule has 0 radical (unpaired) electrons. The van der Waals surface area contributed by atoms with Gasteiger partial charge in [0.25, 0.3) is 0 Å². The Morgan fingerprint density at radius 3 is 2.71 bits per heavy atom. The molecular weight excluding hydrogens is 352 g/mol. The van der Waals surface area contributed by atoms with Gasteiger partial charge in [-0.15, -0.1) is 0 Å². The second-order valence-corrected chi connectivity index (χ2v) is 7.15. The number of piperidine rings is 1. The summed E-state index contributed by atoms with van der Waals surface area (Å²) in [7, 11) is 2.06. The lowest BCUT2D eigenvalue weighted by molar-refractivity contribution is -0.131. The first-order valence-electron chi connectivity index (χ1n) is 9.43. The minimum atomic E-state index is 0.140. The molecule has 4 rings (SSSR count). The zero-order chi connectivity index (χ0) is 19.5. The SMILES string of the molecule is CN(c1ncnc2[nH]ccc12)C1CCN(C(=O)Cc2ccc(C#N)cc2)CC1. The Labute approximate surface area is 163 Å². The molecule has 0 atom stereocenters. The van der Waals surface area contributed by atoms with E-state index in [1.54, 1.807) is 18.5 Å². The second kappa shape index (κ2) is 7.69. The van der Waals surface area contributed by atoms with E-state index in [1.807, 2.05) is 29.3 Å². The number of H-pyrrole nitrogens is 1. The fourth-order valence-corrected chi connectivity index (χ4v) is 3.80. The minimum absolute atomic E-state index is 0.140. The fourth-order valence-electron chi connectivity index (χ4n) is 3.80. The summed E-state index contributed by atoms with van der Waals surface area (Å²) in [5.41, 5.74) is 2.40. The lowest BCUT2D eigenvalue weighted by atomic mass is 10.0. The van der Waals surface area contributed by atoms with Gasteiger partial charge in [-0.25, -0.2) is 9.97 Å². The van der Waals surface area contributed by atoms with E-state index in [9.17, 15) is 4.79 Å². The number of carbonyl (C=O) groups excluding carboxylic acids is 1. The number of anilines is 1. The van der Waals surface area contributed by atoms with E-state index in [2.05, 4.69) is 33.0 Å². The Bertz CT molecular complexity index is 1010. The molecule has 1 aromatic carbocycles. The molecular formula is C21H22N6O. The number of fused-ring (bicyclic) bond motifs is 1. The maximum atomic E-state index is 12.6. The average molecular weight is 374 g/mol. The number of likely N-dealkylation sites (tertiary alicyclic amines) is 1. The number of benzene rings is 1. The summed E-state index contributed by atoms with van der Waals surface area (Å²) in [4.78, 5) is 28.6. The fraction of sp³-hybridized carbons (Fsp3) is 0.333. The third-order valence-electron chi connectivity index (χ3n) is 5.47. The number of rotatable bonds is 4. The number of carbonyl (C=O) groups is 1. The van der Waals surface area contributed by atoms with Crippen molar-refractivity contribution in [2.75, 3.05) is 25.0 Å². The van der Waals surface area contributed by atoms with Crippen LogP contribution in [0.2, 0.25) is 0 Å². The normalized spacial score (nSPS) is 14.8. The molecule has 1 aliphatic heterocycles. The highest BCUT2D eigenvalue weighted by atomic mass is 16.2. The summed E-state index contributed by atoms with van der Waals surface area (Å²) >= 11 is 0. The highest BCUT2D eigenvalue weighted by molar-refractivity contribution is 5.87. The Morgan fingerprint density at radius 2 is 2.00 bits per heavy atom. The van der Waals surface area contributed by atoms with Crippen LogP contribution < -0.4 is 4.90 Å². The zero-order valence-corrected chi connectivity index (χ0v) is 15.8. The van der Waals surface area contributed by atoms with Crippen LogP contribution in [0.5, 0.6) is 0 Å². The molecule has 0 unspecified atom stereocenters. The molecule has 28 heavy (non-hydrogen) atoms. The summed E-state index contributed by atoms with van der Waals surface area (Å²) in [5, 5.41) is 9.89. The quantitative estimate of drug-likeness (QED) is 0.758. The lowest BCUT2D eigenvalue weighted by Crippen LogP contribution is -2.46. The number of aromatic amines is 1. The average Bonchev–Trinajstić information content (AvgIpc) is 3.23. The van der Waals surface area contributed by atoms with Crippen LogP contribution in [0.15, 0.2) is 42.9 Å². The van der Waals surface area contributed by atoms with Gasteiger partial charge >= 0.3 is 0 Å². The molecule has 142 valence electrons. The maximum absolute atomic E-state index is 12.6. The first-order valence-corrected chi connectivity index (χ1v) is 9.43. The lowest BCUT2D eigenvalue weighted by Gasteiger charge is -2.37. The van der Waals surface area contributed by atoms with E-state index >= 15 is 0 Å². The van der Waals surface area contributed by atoms with Crippen molar-refractivity contribution in [3.05, 3.63) is 54.0 Å². The molecule has 7 nitrogen and oxygen atoms in total. The van der Waals surface area contributed by atoms with E-state index in [0.717, 1.165) is 48.3 Å². The van der Waals surface area contributed by atoms with Gasteiger partial charge in [-0.05, 0) is 36.6 Å². The highest BCUT2D eigenvalue weighted by Gasteiger charge is 2.26. The largest absolute Gasteiger partial charge is 0.356 e. The van der Waals surface area contributed by atoms with Gasteiger partial charge in [0, 0.05) is 32.4 Å². The van der Waals surface area contributed by atoms with Crippen LogP contribution in [-0.4, -0.2) is 51.9 Å². The Morgan fingerprint density at radius 1 is 1.25 bits per heavy atom. The summed E-state index contributed by atoms with van der Waals surface area (Å²) in [6.45, 7) is 1.48. The van der Waals surface area contributed by atoms with Crippen molar-refractivity contribution >= 4 is 22.8 Å². The second-order valence-electron chi connectivity index (χ2n) is 7.15. The van der Waals surface area contributed by atoms with E-state index in [-0.39, 0.29) is 5.91 Å². The van der Waals surface area contributed by atoms with Crippen LogP contribution in [-0.2, 0) is 11.2 Å². The third kappa shape index (κ3) is 3.54. The van der Waals surface area contributed by atoms with E-state index in [1.165, 1.54) is 0 Å². The molecule has 1 N–H and O–H groups in total. The molecule has 1 amide bonds. The number of nitrogens with one attached hydrogen (secondary N) is 1. The van der Waals surface area contributed by atoms with Gasteiger partial charge in [-0.2, -0.15) is 5.26 Å². The first kappa shape index (κ1) is 18.0. The Hall–Kier alpha value is -3.40. The predicted molar refractivity (Wildman–Crippen MR) is 107 cm³/mol. The molecule has 2 aromatic heterocycles. The van der Waals surface area contributed by atoms with E-state index in [4.69, 9.17) is 5.26 Å². The topological polar surface area (TPSA) is 88.9 Å². The predicted octanol–water partition coefficient (Wildman–Crippen LogP) is 2.50. The van der Waals surface area contributed by atoms with Gasteiger partial charge < -0.3 is 14.8 Å². The van der Waals surface area contributed by atoms with Crippen molar-refractivity contribution in [3.63, 3.8) is 0 Å². The first-order chi connectivity index (χ1) is 13.7. The smallest absolute Gasteiger partial charge is 0.226 e. The minimum Gasteiger partial charge on any atom is -0.356 e. The number of amides is 1. The van der Waals surface area contributed by atoms with Gasteiger partial charge in [0.05, 0.1) is 23.4 Å². The molecule has 3 aromatic rings. The third-order valence-corrected chi connectivity index (χ3v) is 5.47. The molecule has 7 heteroatoms. The number of hydrogen-bond acceptors (Lipinski definition) is 5. The van der Waals surface area contributed by atoms with Gasteiger partial charge in [-0.1, -0.05) is 12.1 Å². The molecule has 1 fully saturated rings. The van der Waals surface area contributed by atoms with Crippen LogP contribution in [0, 0.1) is 11.3 Å². The highest BCUT2D eigenvalue weighted by Crippen LogP contribution is 2.26. The van der Waals surface area contributed by atoms with Gasteiger partial charge in [0.2, 0.25) is 5.91 Å². The van der Waals surface area contributed by atoms with Crippen molar-refractivity contribution in [1.82, 2.24) is 19.9 Å². The molecule has 1 saturated heterocycles. The van der Waals surface area contributed by atoms with Crippen LogP contribution >= 0.6 is 0 Å².